The van der Waals surface area contributed by atoms with E-state index in [1.54, 1.807) is 30.3 Å². The van der Waals surface area contributed by atoms with Crippen LogP contribution in [0.3, 0.4) is 0 Å². The van der Waals surface area contributed by atoms with Gasteiger partial charge in [-0.2, -0.15) is 5.26 Å². The molecule has 0 fully saturated rings. The first-order chi connectivity index (χ1) is 16.9. The number of rotatable bonds is 5. The van der Waals surface area contributed by atoms with Gasteiger partial charge in [-0.05, 0) is 46.1 Å². The molecule has 0 amide bonds. The van der Waals surface area contributed by atoms with Crippen LogP contribution in [0.1, 0.15) is 17.0 Å². The van der Waals surface area contributed by atoms with Gasteiger partial charge < -0.3 is 19.9 Å². The Morgan fingerprint density at radius 3 is 2.22 bits per heavy atom. The Hall–Kier alpha value is -3.98. The second-order valence-electron chi connectivity index (χ2n) is 7.45. The fraction of sp³-hybridized carbons (Fsp3) is 0.208. The summed E-state index contributed by atoms with van der Waals surface area (Å²) in [6.45, 7) is 1.44. The van der Waals surface area contributed by atoms with Crippen LogP contribution >= 0.6 is 15.9 Å². The van der Waals surface area contributed by atoms with Crippen molar-refractivity contribution in [3.63, 3.8) is 0 Å². The molecule has 188 valence electrons. The second kappa shape index (κ2) is 10.3. The molecule has 0 aromatic heterocycles. The molecule has 1 aliphatic rings. The third-order valence-electron chi connectivity index (χ3n) is 5.30. The van der Waals surface area contributed by atoms with E-state index in [2.05, 4.69) is 20.7 Å². The summed E-state index contributed by atoms with van der Waals surface area (Å²) in [6.07, 6.45) is -4.94. The maximum atomic E-state index is 13.1. The van der Waals surface area contributed by atoms with Crippen LogP contribution in [-0.4, -0.2) is 32.5 Å². The van der Waals surface area contributed by atoms with E-state index in [0.717, 1.165) is 31.3 Å². The standard InChI is InChI=1S/C24H19BrF3N3O5/c1-12-9-14(36-24(26,27)28)10-16(25)19(12)31-20(23(33)35-3)18(22(32)34-2)17(15(11-29)21(31)30)13-7-5-4-6-8-13/h4-10,17H,30H2,1-3H3. The quantitative estimate of drug-likeness (QED) is 0.525. The van der Waals surface area contributed by atoms with Crippen molar-refractivity contribution in [1.82, 2.24) is 0 Å². The molecule has 2 N–H and O–H groups in total. The van der Waals surface area contributed by atoms with E-state index < -0.39 is 30.0 Å². The summed E-state index contributed by atoms with van der Waals surface area (Å²) in [5.74, 6) is -3.76. The van der Waals surface area contributed by atoms with E-state index in [1.165, 1.54) is 6.92 Å². The predicted octanol–water partition coefficient (Wildman–Crippen LogP) is 4.55. The molecule has 0 bridgehead atoms. The zero-order valence-corrected chi connectivity index (χ0v) is 20.7. The van der Waals surface area contributed by atoms with Crippen molar-refractivity contribution in [2.75, 3.05) is 19.1 Å². The van der Waals surface area contributed by atoms with Crippen LogP contribution < -0.4 is 15.4 Å². The van der Waals surface area contributed by atoms with E-state index in [0.29, 0.717) is 5.56 Å². The number of anilines is 1. The molecule has 3 rings (SSSR count). The monoisotopic (exact) mass is 565 g/mol. The number of nitrogens with two attached hydrogens (primary N) is 1. The largest absolute Gasteiger partial charge is 0.573 e. The first kappa shape index (κ1) is 26.6. The lowest BCUT2D eigenvalue weighted by Crippen LogP contribution is -2.41. The van der Waals surface area contributed by atoms with Crippen molar-refractivity contribution in [3.8, 4) is 11.8 Å². The van der Waals surface area contributed by atoms with Gasteiger partial charge in [0, 0.05) is 4.47 Å². The van der Waals surface area contributed by atoms with Gasteiger partial charge in [-0.25, -0.2) is 9.59 Å². The number of carbonyl (C=O) groups excluding carboxylic acids is 2. The van der Waals surface area contributed by atoms with Crippen molar-refractivity contribution in [2.24, 2.45) is 5.73 Å². The van der Waals surface area contributed by atoms with E-state index >= 15 is 0 Å². The minimum Gasteiger partial charge on any atom is -0.466 e. The number of carbonyl (C=O) groups is 2. The Bertz CT molecular complexity index is 1290. The van der Waals surface area contributed by atoms with Crippen LogP contribution in [0.5, 0.6) is 5.75 Å². The number of nitrogens with zero attached hydrogens (tertiary/aromatic N) is 2. The number of methoxy groups -OCH3 is 2. The molecule has 1 atom stereocenters. The SMILES string of the molecule is COC(=O)C1=C(C(=O)OC)N(c2c(C)cc(OC(F)(F)F)cc2Br)C(N)=C(C#N)C1c1ccccc1. The third kappa shape index (κ3) is 5.01. The van der Waals surface area contributed by atoms with Crippen molar-refractivity contribution >= 4 is 33.6 Å². The van der Waals surface area contributed by atoms with Gasteiger partial charge >= 0.3 is 18.3 Å². The molecule has 1 heterocycles. The average Bonchev–Trinajstić information content (AvgIpc) is 2.82. The van der Waals surface area contributed by atoms with Gasteiger partial charge in [-0.1, -0.05) is 30.3 Å². The lowest BCUT2D eigenvalue weighted by molar-refractivity contribution is -0.274. The zero-order valence-electron chi connectivity index (χ0n) is 19.1. The number of aryl methyl sites for hydroxylation is 1. The summed E-state index contributed by atoms with van der Waals surface area (Å²) in [5, 5.41) is 10.1. The summed E-state index contributed by atoms with van der Waals surface area (Å²) in [5.41, 5.74) is 6.47. The van der Waals surface area contributed by atoms with Crippen LogP contribution in [0.4, 0.5) is 18.9 Å². The van der Waals surface area contributed by atoms with Crippen molar-refractivity contribution in [3.05, 3.63) is 80.7 Å². The summed E-state index contributed by atoms with van der Waals surface area (Å²) in [4.78, 5) is 27.2. The maximum Gasteiger partial charge on any atom is 0.573 e. The van der Waals surface area contributed by atoms with Crippen LogP contribution in [0.25, 0.3) is 0 Å². The van der Waals surface area contributed by atoms with E-state index in [9.17, 15) is 28.0 Å². The van der Waals surface area contributed by atoms with Crippen LogP contribution in [0, 0.1) is 18.3 Å². The molecule has 0 saturated heterocycles. The summed E-state index contributed by atoms with van der Waals surface area (Å²) < 4.78 is 52.3. The van der Waals surface area contributed by atoms with Gasteiger partial charge in [0.25, 0.3) is 0 Å². The minimum atomic E-state index is -4.94. The average molecular weight is 566 g/mol. The highest BCUT2D eigenvalue weighted by molar-refractivity contribution is 9.10. The number of esters is 2. The molecule has 1 unspecified atom stereocenters. The fourth-order valence-corrected chi connectivity index (χ4v) is 4.64. The lowest BCUT2D eigenvalue weighted by atomic mass is 9.80. The van der Waals surface area contributed by atoms with E-state index in [-0.39, 0.29) is 38.4 Å². The summed E-state index contributed by atoms with van der Waals surface area (Å²) in [7, 11) is 2.19. The third-order valence-corrected chi connectivity index (χ3v) is 5.90. The van der Waals surface area contributed by atoms with Gasteiger partial charge in [0.2, 0.25) is 0 Å². The molecule has 2 aromatic rings. The summed E-state index contributed by atoms with van der Waals surface area (Å²) >= 11 is 3.20. The Morgan fingerprint density at radius 2 is 1.72 bits per heavy atom. The van der Waals surface area contributed by atoms with Gasteiger partial charge in [-0.15, -0.1) is 13.2 Å². The van der Waals surface area contributed by atoms with Crippen LogP contribution in [-0.2, 0) is 19.1 Å². The molecule has 2 aromatic carbocycles. The first-order valence-electron chi connectivity index (χ1n) is 10.2. The van der Waals surface area contributed by atoms with Crippen molar-refractivity contribution in [1.29, 1.82) is 5.26 Å². The van der Waals surface area contributed by atoms with Crippen molar-refractivity contribution < 1.29 is 37.0 Å². The van der Waals surface area contributed by atoms with E-state index in [4.69, 9.17) is 15.2 Å². The molecular formula is C24H19BrF3N3O5. The molecule has 0 radical (unpaired) electrons. The highest BCUT2D eigenvalue weighted by Gasteiger charge is 2.44. The number of hydrogen-bond donors (Lipinski definition) is 1. The number of benzene rings is 2. The van der Waals surface area contributed by atoms with Gasteiger partial charge in [0.15, 0.2) is 0 Å². The molecule has 0 saturated carbocycles. The molecule has 12 heteroatoms. The summed E-state index contributed by atoms with van der Waals surface area (Å²) in [6, 6.07) is 12.5. The predicted molar refractivity (Wildman–Crippen MR) is 125 cm³/mol. The lowest BCUT2D eigenvalue weighted by Gasteiger charge is -2.37. The number of nitriles is 1. The molecule has 1 aliphatic heterocycles. The fourth-order valence-electron chi connectivity index (χ4n) is 3.93. The highest BCUT2D eigenvalue weighted by atomic mass is 79.9. The Labute approximate surface area is 212 Å². The number of halogens is 4. The highest BCUT2D eigenvalue weighted by Crippen LogP contribution is 2.46. The van der Waals surface area contributed by atoms with E-state index in [1.807, 2.05) is 6.07 Å². The number of alkyl halides is 3. The molecule has 0 spiro atoms. The maximum absolute atomic E-state index is 13.1. The Balaban J connectivity index is 2.40. The smallest absolute Gasteiger partial charge is 0.466 e. The topological polar surface area (TPSA) is 115 Å². The van der Waals surface area contributed by atoms with Gasteiger partial charge in [0.1, 0.15) is 17.3 Å². The van der Waals surface area contributed by atoms with Crippen LogP contribution in [0.2, 0.25) is 0 Å². The Morgan fingerprint density at radius 1 is 1.11 bits per heavy atom. The number of hydrogen-bond acceptors (Lipinski definition) is 8. The molecular weight excluding hydrogens is 547 g/mol. The van der Waals surface area contributed by atoms with Crippen LogP contribution in [0.15, 0.2) is 69.6 Å². The second-order valence-corrected chi connectivity index (χ2v) is 8.31. The number of ether oxygens (including phenoxy) is 3. The molecule has 36 heavy (non-hydrogen) atoms. The number of allylic oxidation sites excluding steroid dienone is 1. The van der Waals surface area contributed by atoms with Gasteiger partial charge in [0.05, 0.1) is 43.0 Å². The normalized spacial score (nSPS) is 15.9. The Kier molecular flexibility index (Phi) is 7.64. The minimum absolute atomic E-state index is 0.0331. The van der Waals surface area contributed by atoms with Gasteiger partial charge in [-0.3, -0.25) is 4.90 Å². The molecule has 0 aliphatic carbocycles. The van der Waals surface area contributed by atoms with Crippen molar-refractivity contribution in [2.45, 2.75) is 19.2 Å². The first-order valence-corrected chi connectivity index (χ1v) is 11.0. The molecule has 8 nitrogen and oxygen atoms in total. The zero-order chi connectivity index (χ0) is 26.8.